The second-order valence-electron chi connectivity index (χ2n) is 14.6. The normalized spacial score (nSPS) is 14.4. The van der Waals surface area contributed by atoms with Crippen LogP contribution in [0.5, 0.6) is 0 Å². The number of anilines is 3. The summed E-state index contributed by atoms with van der Waals surface area (Å²) in [7, 11) is 0. The van der Waals surface area contributed by atoms with E-state index in [1.807, 2.05) is 0 Å². The van der Waals surface area contributed by atoms with Crippen molar-refractivity contribution in [2.24, 2.45) is 0 Å². The summed E-state index contributed by atoms with van der Waals surface area (Å²) in [5.74, 6) is 0. The number of fused-ring (bicyclic) bond motifs is 6. The third-order valence-corrected chi connectivity index (χ3v) is 11.0. The molecule has 0 aliphatic heterocycles. The first-order valence-electron chi connectivity index (χ1n) is 17.4. The number of nitrogens with zero attached hydrogens (tertiary/aromatic N) is 1. The van der Waals surface area contributed by atoms with E-state index >= 15 is 0 Å². The molecule has 1 nitrogen and oxygen atoms in total. The van der Waals surface area contributed by atoms with Crippen LogP contribution in [-0.2, 0) is 10.8 Å². The molecule has 0 saturated carbocycles. The van der Waals surface area contributed by atoms with Crippen LogP contribution in [0.25, 0.3) is 44.5 Å². The fraction of sp³-hybridized carbons (Fsp3) is 0.125. The van der Waals surface area contributed by atoms with Crippen LogP contribution in [0.1, 0.15) is 49.9 Å². The Kier molecular flexibility index (Phi) is 6.58. The van der Waals surface area contributed by atoms with Crippen molar-refractivity contribution in [1.29, 1.82) is 0 Å². The Bertz CT molecular complexity index is 2360. The molecule has 236 valence electrons. The van der Waals surface area contributed by atoms with Crippen molar-refractivity contribution in [3.05, 3.63) is 186 Å². The lowest BCUT2D eigenvalue weighted by Crippen LogP contribution is -2.16. The summed E-state index contributed by atoms with van der Waals surface area (Å²) in [5.41, 5.74) is 19.3. The van der Waals surface area contributed by atoms with Crippen LogP contribution in [0, 0.1) is 0 Å². The van der Waals surface area contributed by atoms with Gasteiger partial charge in [-0.05, 0) is 115 Å². The Morgan fingerprint density at radius 1 is 0.327 bits per heavy atom. The SMILES string of the molecule is CC1(C)c2ccccc2-c2ccc(N(c3ccccc3)c3ccc(-c4cc(-c5ccccc5)c5c(c4)-c4ccccc4C5(C)C)cc3)cc21. The summed E-state index contributed by atoms with van der Waals surface area (Å²) >= 11 is 0. The van der Waals surface area contributed by atoms with E-state index in [0.717, 1.165) is 11.4 Å². The summed E-state index contributed by atoms with van der Waals surface area (Å²) < 4.78 is 0. The van der Waals surface area contributed by atoms with Gasteiger partial charge in [-0.15, -0.1) is 0 Å². The maximum absolute atomic E-state index is 2.42. The highest BCUT2D eigenvalue weighted by atomic mass is 15.1. The highest BCUT2D eigenvalue weighted by Crippen LogP contribution is 2.54. The number of para-hydroxylation sites is 1. The molecule has 2 aliphatic carbocycles. The molecule has 49 heavy (non-hydrogen) atoms. The van der Waals surface area contributed by atoms with Gasteiger partial charge in [0, 0.05) is 27.9 Å². The lowest BCUT2D eigenvalue weighted by Gasteiger charge is -2.28. The summed E-state index contributed by atoms with van der Waals surface area (Å²) in [6, 6.07) is 60.4. The Morgan fingerprint density at radius 2 is 0.837 bits per heavy atom. The molecule has 0 unspecified atom stereocenters. The zero-order valence-corrected chi connectivity index (χ0v) is 28.5. The molecule has 0 N–H and O–H groups in total. The highest BCUT2D eigenvalue weighted by Gasteiger charge is 2.38. The molecule has 0 spiro atoms. The first kappa shape index (κ1) is 29.5. The summed E-state index contributed by atoms with van der Waals surface area (Å²) in [6.45, 7) is 9.44. The fourth-order valence-electron chi connectivity index (χ4n) is 8.60. The van der Waals surface area contributed by atoms with Crippen LogP contribution < -0.4 is 4.90 Å². The van der Waals surface area contributed by atoms with E-state index < -0.39 is 0 Å². The molecule has 0 fully saturated rings. The third-order valence-electron chi connectivity index (χ3n) is 11.0. The second kappa shape index (κ2) is 10.9. The predicted molar refractivity (Wildman–Crippen MR) is 207 cm³/mol. The van der Waals surface area contributed by atoms with E-state index in [1.54, 1.807) is 0 Å². The lowest BCUT2D eigenvalue weighted by molar-refractivity contribution is 0.660. The zero-order valence-electron chi connectivity index (χ0n) is 28.5. The minimum Gasteiger partial charge on any atom is -0.310 e. The number of hydrogen-bond donors (Lipinski definition) is 0. The molecule has 0 bridgehead atoms. The Balaban J connectivity index is 1.17. The Morgan fingerprint density at radius 3 is 1.53 bits per heavy atom. The first-order chi connectivity index (χ1) is 23.8. The summed E-state index contributed by atoms with van der Waals surface area (Å²) in [4.78, 5) is 2.39. The topological polar surface area (TPSA) is 3.24 Å². The van der Waals surface area contributed by atoms with Gasteiger partial charge >= 0.3 is 0 Å². The highest BCUT2D eigenvalue weighted by molar-refractivity contribution is 5.92. The van der Waals surface area contributed by atoms with Gasteiger partial charge in [0.2, 0.25) is 0 Å². The van der Waals surface area contributed by atoms with Gasteiger partial charge in [-0.2, -0.15) is 0 Å². The smallest absolute Gasteiger partial charge is 0.0465 e. The minimum atomic E-state index is -0.0819. The standard InChI is InChI=1S/C48H39N/c1-47(2)43-21-13-11-19-38(43)40-28-27-37(31-45(40)47)49(35-17-9-6-10-18-35)36-25-23-32(24-26-36)34-29-41(33-15-7-5-8-16-33)46-42(30-34)39-20-12-14-22-44(39)48(46,3)4/h5-31H,1-4H3. The average Bonchev–Trinajstić information content (AvgIpc) is 3.52. The molecule has 9 rings (SSSR count). The molecule has 2 aliphatic rings. The molecule has 7 aromatic rings. The molecule has 1 heteroatoms. The first-order valence-corrected chi connectivity index (χ1v) is 17.4. The van der Waals surface area contributed by atoms with E-state index in [0.29, 0.717) is 0 Å². The van der Waals surface area contributed by atoms with Gasteiger partial charge in [-0.3, -0.25) is 0 Å². The Hall–Kier alpha value is -5.66. The van der Waals surface area contributed by atoms with Gasteiger partial charge in [0.1, 0.15) is 0 Å². The summed E-state index contributed by atoms with van der Waals surface area (Å²) in [6.07, 6.45) is 0. The average molecular weight is 630 g/mol. The van der Waals surface area contributed by atoms with Crippen LogP contribution in [0.3, 0.4) is 0 Å². The molecular formula is C48H39N. The van der Waals surface area contributed by atoms with Crippen LogP contribution >= 0.6 is 0 Å². The number of benzene rings is 7. The molecule has 0 heterocycles. The van der Waals surface area contributed by atoms with Crippen molar-refractivity contribution in [1.82, 2.24) is 0 Å². The van der Waals surface area contributed by atoms with Gasteiger partial charge in [-0.1, -0.05) is 143 Å². The van der Waals surface area contributed by atoms with E-state index in [1.165, 1.54) is 72.4 Å². The van der Waals surface area contributed by atoms with Crippen molar-refractivity contribution < 1.29 is 0 Å². The van der Waals surface area contributed by atoms with Crippen molar-refractivity contribution in [2.45, 2.75) is 38.5 Å². The van der Waals surface area contributed by atoms with Crippen molar-refractivity contribution in [3.63, 3.8) is 0 Å². The van der Waals surface area contributed by atoms with Crippen molar-refractivity contribution in [2.75, 3.05) is 4.90 Å². The van der Waals surface area contributed by atoms with Gasteiger partial charge in [0.25, 0.3) is 0 Å². The third kappa shape index (κ3) is 4.53. The predicted octanol–water partition coefficient (Wildman–Crippen LogP) is 13.1. The molecule has 0 radical (unpaired) electrons. The monoisotopic (exact) mass is 629 g/mol. The van der Waals surface area contributed by atoms with E-state index in [9.17, 15) is 0 Å². The largest absolute Gasteiger partial charge is 0.310 e. The van der Waals surface area contributed by atoms with Gasteiger partial charge in [0.05, 0.1) is 0 Å². The van der Waals surface area contributed by atoms with Crippen LogP contribution in [-0.4, -0.2) is 0 Å². The second-order valence-corrected chi connectivity index (χ2v) is 14.6. The molecular weight excluding hydrogens is 591 g/mol. The van der Waals surface area contributed by atoms with Crippen molar-refractivity contribution in [3.8, 4) is 44.5 Å². The zero-order chi connectivity index (χ0) is 33.3. The number of hydrogen-bond acceptors (Lipinski definition) is 1. The molecule has 7 aromatic carbocycles. The van der Waals surface area contributed by atoms with Crippen LogP contribution in [0.15, 0.2) is 164 Å². The van der Waals surface area contributed by atoms with Crippen molar-refractivity contribution >= 4 is 17.1 Å². The number of rotatable bonds is 5. The Labute approximate surface area is 290 Å². The quantitative estimate of drug-likeness (QED) is 0.183. The van der Waals surface area contributed by atoms with E-state index in [4.69, 9.17) is 0 Å². The molecule has 0 saturated heterocycles. The van der Waals surface area contributed by atoms with Gasteiger partial charge in [0.15, 0.2) is 0 Å². The van der Waals surface area contributed by atoms with Gasteiger partial charge in [-0.25, -0.2) is 0 Å². The van der Waals surface area contributed by atoms with E-state index in [2.05, 4.69) is 196 Å². The van der Waals surface area contributed by atoms with E-state index in [-0.39, 0.29) is 10.8 Å². The maximum atomic E-state index is 2.42. The van der Waals surface area contributed by atoms with Gasteiger partial charge < -0.3 is 4.90 Å². The van der Waals surface area contributed by atoms with Crippen LogP contribution in [0.2, 0.25) is 0 Å². The molecule has 0 aromatic heterocycles. The maximum Gasteiger partial charge on any atom is 0.0465 e. The lowest BCUT2D eigenvalue weighted by atomic mass is 9.78. The summed E-state index contributed by atoms with van der Waals surface area (Å²) in [5, 5.41) is 0. The minimum absolute atomic E-state index is 0.0641. The van der Waals surface area contributed by atoms with Crippen LogP contribution in [0.4, 0.5) is 17.1 Å². The fourth-order valence-corrected chi connectivity index (χ4v) is 8.60. The molecule has 0 amide bonds. The molecule has 0 atom stereocenters.